The number of nitrogens with one attached hydrogen (secondary N) is 1. The first-order valence-corrected chi connectivity index (χ1v) is 7.18. The van der Waals surface area contributed by atoms with Crippen LogP contribution >= 0.6 is 11.6 Å². The third-order valence-electron chi connectivity index (χ3n) is 2.96. The second-order valence-corrected chi connectivity index (χ2v) is 4.91. The minimum Gasteiger partial charge on any atom is -0.372 e. The molecule has 1 unspecified atom stereocenters. The van der Waals surface area contributed by atoms with Gasteiger partial charge in [-0.15, -0.1) is 0 Å². The molecule has 1 rings (SSSR count). The number of hydrogen-bond acceptors (Lipinski definition) is 2. The van der Waals surface area contributed by atoms with Gasteiger partial charge in [0.15, 0.2) is 0 Å². The molecule has 0 aliphatic rings. The van der Waals surface area contributed by atoms with Gasteiger partial charge in [0.1, 0.15) is 0 Å². The van der Waals surface area contributed by atoms with Crippen LogP contribution in [0.3, 0.4) is 0 Å². The Morgan fingerprint density at radius 3 is 2.67 bits per heavy atom. The minimum atomic E-state index is 0.0466. The van der Waals surface area contributed by atoms with Crippen molar-refractivity contribution in [2.24, 2.45) is 0 Å². The maximum absolute atomic E-state index is 6.21. The summed E-state index contributed by atoms with van der Waals surface area (Å²) in [4.78, 5) is 0. The summed E-state index contributed by atoms with van der Waals surface area (Å²) in [6.07, 6.45) is 4.95. The van der Waals surface area contributed by atoms with Crippen molar-refractivity contribution >= 4 is 11.6 Å². The number of halogens is 1. The van der Waals surface area contributed by atoms with Crippen molar-refractivity contribution in [2.45, 2.75) is 38.7 Å². The molecule has 0 heterocycles. The molecule has 1 atom stereocenters. The van der Waals surface area contributed by atoms with E-state index in [2.05, 4.69) is 12.2 Å². The van der Waals surface area contributed by atoms with E-state index in [0.717, 1.165) is 30.2 Å². The Balaban J connectivity index is 2.47. The lowest BCUT2D eigenvalue weighted by Crippen LogP contribution is -2.20. The fraction of sp³-hybridized carbons (Fsp3) is 0.600. The fourth-order valence-electron chi connectivity index (χ4n) is 1.93. The Morgan fingerprint density at radius 1 is 1.22 bits per heavy atom. The molecule has 0 saturated heterocycles. The molecular formula is C15H24ClNO. The molecule has 0 bridgehead atoms. The number of hydrogen-bond donors (Lipinski definition) is 1. The summed E-state index contributed by atoms with van der Waals surface area (Å²) in [6.45, 7) is 3.81. The van der Waals surface area contributed by atoms with Gasteiger partial charge in [0.05, 0.1) is 6.10 Å². The highest BCUT2D eigenvalue weighted by molar-refractivity contribution is 6.31. The van der Waals surface area contributed by atoms with Gasteiger partial charge in [-0.2, -0.15) is 0 Å². The smallest absolute Gasteiger partial charge is 0.0963 e. The molecule has 18 heavy (non-hydrogen) atoms. The fourth-order valence-corrected chi connectivity index (χ4v) is 2.19. The van der Waals surface area contributed by atoms with Crippen LogP contribution in [0.1, 0.15) is 44.3 Å². The zero-order chi connectivity index (χ0) is 13.2. The number of ether oxygens (including phenoxy) is 1. The van der Waals surface area contributed by atoms with Crippen molar-refractivity contribution in [3.63, 3.8) is 0 Å². The molecule has 0 saturated carbocycles. The molecule has 0 amide bonds. The van der Waals surface area contributed by atoms with Crippen molar-refractivity contribution in [1.29, 1.82) is 0 Å². The Hall–Kier alpha value is -0.570. The lowest BCUT2D eigenvalue weighted by molar-refractivity contribution is 0.0512. The highest BCUT2D eigenvalue weighted by Crippen LogP contribution is 2.25. The normalized spacial score (nSPS) is 12.6. The first-order chi connectivity index (χ1) is 8.79. The van der Waals surface area contributed by atoms with E-state index < -0.39 is 0 Å². The predicted octanol–water partition coefficient (Wildman–Crippen LogP) is 4.20. The summed E-state index contributed by atoms with van der Waals surface area (Å²) in [5.74, 6) is 0. The zero-order valence-electron chi connectivity index (χ0n) is 11.4. The zero-order valence-corrected chi connectivity index (χ0v) is 12.2. The minimum absolute atomic E-state index is 0.0466. The van der Waals surface area contributed by atoms with Gasteiger partial charge in [0.2, 0.25) is 0 Å². The summed E-state index contributed by atoms with van der Waals surface area (Å²) < 4.78 is 5.95. The number of benzene rings is 1. The Labute approximate surface area is 116 Å². The molecule has 1 aromatic rings. The lowest BCUT2D eigenvalue weighted by Gasteiger charge is -2.19. The molecule has 3 heteroatoms. The van der Waals surface area contributed by atoms with Gasteiger partial charge >= 0.3 is 0 Å². The quantitative estimate of drug-likeness (QED) is 0.679. The third-order valence-corrected chi connectivity index (χ3v) is 3.30. The highest BCUT2D eigenvalue weighted by Gasteiger charge is 2.13. The molecule has 2 nitrogen and oxygen atoms in total. The molecule has 1 N–H and O–H groups in total. The van der Waals surface area contributed by atoms with Crippen LogP contribution in [0.4, 0.5) is 0 Å². The second kappa shape index (κ2) is 9.37. The van der Waals surface area contributed by atoms with Crippen LogP contribution in [-0.4, -0.2) is 20.2 Å². The first kappa shape index (κ1) is 15.5. The van der Waals surface area contributed by atoms with Gasteiger partial charge in [-0.3, -0.25) is 0 Å². The topological polar surface area (TPSA) is 21.3 Å². The first-order valence-electron chi connectivity index (χ1n) is 6.80. The Kier molecular flexibility index (Phi) is 8.06. The molecule has 1 aromatic carbocycles. The number of unbranched alkanes of at least 4 members (excludes halogenated alkanes) is 3. The van der Waals surface area contributed by atoms with Crippen molar-refractivity contribution in [3.05, 3.63) is 34.9 Å². The molecule has 0 aliphatic heterocycles. The van der Waals surface area contributed by atoms with Crippen molar-refractivity contribution in [2.75, 3.05) is 20.2 Å². The summed E-state index contributed by atoms with van der Waals surface area (Å²) in [5.41, 5.74) is 1.07. The predicted molar refractivity (Wildman–Crippen MR) is 78.2 cm³/mol. The van der Waals surface area contributed by atoms with E-state index in [4.69, 9.17) is 16.3 Å². The lowest BCUT2D eigenvalue weighted by atomic mass is 10.1. The molecular weight excluding hydrogens is 246 g/mol. The van der Waals surface area contributed by atoms with Crippen LogP contribution in [0.2, 0.25) is 5.02 Å². The maximum Gasteiger partial charge on any atom is 0.0963 e. The van der Waals surface area contributed by atoms with Gasteiger partial charge in [0.25, 0.3) is 0 Å². The van der Waals surface area contributed by atoms with Crippen LogP contribution in [0.25, 0.3) is 0 Å². The van der Waals surface area contributed by atoms with E-state index in [-0.39, 0.29) is 6.10 Å². The standard InChI is InChI=1S/C15H24ClNO/c1-3-4-5-8-11-18-15(12-17-2)13-9-6-7-10-14(13)16/h6-7,9-10,15,17H,3-5,8,11-12H2,1-2H3. The SMILES string of the molecule is CCCCCCOC(CNC)c1ccccc1Cl. The molecule has 0 aromatic heterocycles. The van der Waals surface area contributed by atoms with Crippen molar-refractivity contribution < 1.29 is 4.74 Å². The highest BCUT2D eigenvalue weighted by atomic mass is 35.5. The molecule has 102 valence electrons. The summed E-state index contributed by atoms with van der Waals surface area (Å²) in [7, 11) is 1.93. The van der Waals surface area contributed by atoms with E-state index in [9.17, 15) is 0 Å². The van der Waals surface area contributed by atoms with Gasteiger partial charge in [-0.05, 0) is 19.5 Å². The van der Waals surface area contributed by atoms with E-state index in [1.54, 1.807) is 0 Å². The van der Waals surface area contributed by atoms with E-state index in [1.165, 1.54) is 19.3 Å². The van der Waals surface area contributed by atoms with Crippen LogP contribution in [0.5, 0.6) is 0 Å². The van der Waals surface area contributed by atoms with E-state index in [1.807, 2.05) is 31.3 Å². The third kappa shape index (κ3) is 5.38. The average molecular weight is 270 g/mol. The monoisotopic (exact) mass is 269 g/mol. The average Bonchev–Trinajstić information content (AvgIpc) is 2.38. The molecule has 0 radical (unpaired) electrons. The van der Waals surface area contributed by atoms with Crippen LogP contribution in [-0.2, 0) is 4.74 Å². The molecule has 0 aliphatic carbocycles. The Bertz CT molecular complexity index is 330. The largest absolute Gasteiger partial charge is 0.372 e. The van der Waals surface area contributed by atoms with Gasteiger partial charge in [-0.1, -0.05) is 56.0 Å². The van der Waals surface area contributed by atoms with Crippen LogP contribution in [0.15, 0.2) is 24.3 Å². The van der Waals surface area contributed by atoms with E-state index >= 15 is 0 Å². The summed E-state index contributed by atoms with van der Waals surface area (Å²) >= 11 is 6.21. The van der Waals surface area contributed by atoms with Gasteiger partial charge < -0.3 is 10.1 Å². The summed E-state index contributed by atoms with van der Waals surface area (Å²) in [5, 5.41) is 3.95. The van der Waals surface area contributed by atoms with Crippen LogP contribution < -0.4 is 5.32 Å². The number of likely N-dealkylation sites (N-methyl/N-ethyl adjacent to an activating group) is 1. The van der Waals surface area contributed by atoms with Crippen molar-refractivity contribution in [1.82, 2.24) is 5.32 Å². The van der Waals surface area contributed by atoms with Crippen LogP contribution in [0, 0.1) is 0 Å². The van der Waals surface area contributed by atoms with Crippen molar-refractivity contribution in [3.8, 4) is 0 Å². The second-order valence-electron chi connectivity index (χ2n) is 4.50. The maximum atomic E-state index is 6.21. The number of rotatable bonds is 9. The van der Waals surface area contributed by atoms with Gasteiger partial charge in [-0.25, -0.2) is 0 Å². The Morgan fingerprint density at radius 2 is 2.00 bits per heavy atom. The van der Waals surface area contributed by atoms with E-state index in [0.29, 0.717) is 0 Å². The molecule has 0 spiro atoms. The van der Waals surface area contributed by atoms with Gasteiger partial charge in [0, 0.05) is 23.7 Å². The molecule has 0 fully saturated rings. The summed E-state index contributed by atoms with van der Waals surface area (Å²) in [6, 6.07) is 7.91.